The van der Waals surface area contributed by atoms with Gasteiger partial charge in [0.1, 0.15) is 0 Å². The number of morpholine rings is 1. The quantitative estimate of drug-likeness (QED) is 0.884. The molecule has 1 aliphatic heterocycles. The zero-order valence-electron chi connectivity index (χ0n) is 15.5. The number of carbonyl (C=O) groups is 2. The number of anilines is 1. The normalized spacial score (nSPS) is 19.4. The van der Waals surface area contributed by atoms with Crippen molar-refractivity contribution in [2.45, 2.75) is 26.2 Å². The van der Waals surface area contributed by atoms with Crippen molar-refractivity contribution in [3.63, 3.8) is 0 Å². The number of fused-ring (bicyclic) bond motifs is 1. The predicted molar refractivity (Wildman–Crippen MR) is 106 cm³/mol. The lowest BCUT2D eigenvalue weighted by Gasteiger charge is -2.26. The molecule has 0 bridgehead atoms. The minimum atomic E-state index is -0.0435. The third-order valence-electron chi connectivity index (χ3n) is 5.37. The fourth-order valence-electron chi connectivity index (χ4n) is 3.72. The van der Waals surface area contributed by atoms with Crippen LogP contribution < -0.4 is 5.32 Å². The number of para-hydroxylation sites is 1. The Balaban J connectivity index is 1.44. The summed E-state index contributed by atoms with van der Waals surface area (Å²) in [4.78, 5) is 29.3. The van der Waals surface area contributed by atoms with Gasteiger partial charge in [-0.05, 0) is 49.4 Å². The van der Waals surface area contributed by atoms with Crippen molar-refractivity contribution in [2.24, 2.45) is 5.92 Å². The molecule has 2 heterocycles. The number of rotatable bonds is 3. The molecule has 1 saturated heterocycles. The molecule has 1 aliphatic carbocycles. The highest BCUT2D eigenvalue weighted by Gasteiger charge is 2.29. The maximum atomic E-state index is 12.7. The first-order valence-corrected chi connectivity index (χ1v) is 10.3. The van der Waals surface area contributed by atoms with Crippen molar-refractivity contribution >= 4 is 28.8 Å². The molecule has 0 radical (unpaired) electrons. The summed E-state index contributed by atoms with van der Waals surface area (Å²) < 4.78 is 5.33. The van der Waals surface area contributed by atoms with Crippen LogP contribution in [-0.2, 0) is 22.4 Å². The molecule has 2 aliphatic rings. The Morgan fingerprint density at radius 3 is 2.78 bits per heavy atom. The molecule has 5 nitrogen and oxygen atoms in total. The van der Waals surface area contributed by atoms with Gasteiger partial charge in [-0.3, -0.25) is 9.59 Å². The lowest BCUT2D eigenvalue weighted by atomic mass is 9.87. The number of benzene rings is 1. The first-order chi connectivity index (χ1) is 13.1. The Bertz CT molecular complexity index is 855. The molecule has 142 valence electrons. The molecule has 0 saturated carbocycles. The fraction of sp³-hybridized carbons (Fsp3) is 0.429. The lowest BCUT2D eigenvalue weighted by molar-refractivity contribution is -0.120. The Kier molecular flexibility index (Phi) is 5.27. The second-order valence-corrected chi connectivity index (χ2v) is 8.34. The molecule has 1 aromatic carbocycles. The smallest absolute Gasteiger partial charge is 0.264 e. The van der Waals surface area contributed by atoms with Crippen LogP contribution in [0.3, 0.4) is 0 Å². The van der Waals surface area contributed by atoms with E-state index in [2.05, 4.69) is 5.32 Å². The number of nitrogens with one attached hydrogen (secondary N) is 1. The van der Waals surface area contributed by atoms with Crippen LogP contribution in [0.2, 0.25) is 0 Å². The van der Waals surface area contributed by atoms with E-state index in [-0.39, 0.29) is 17.7 Å². The van der Waals surface area contributed by atoms with Crippen LogP contribution in [0.25, 0.3) is 0 Å². The average molecular weight is 385 g/mol. The van der Waals surface area contributed by atoms with Gasteiger partial charge in [0.2, 0.25) is 5.91 Å². The van der Waals surface area contributed by atoms with Gasteiger partial charge in [0.25, 0.3) is 5.91 Å². The summed E-state index contributed by atoms with van der Waals surface area (Å²) in [5, 5.41) is 3.07. The van der Waals surface area contributed by atoms with Crippen molar-refractivity contribution in [1.29, 1.82) is 0 Å². The number of aryl methyl sites for hydroxylation is 2. The summed E-state index contributed by atoms with van der Waals surface area (Å²) in [7, 11) is 0. The van der Waals surface area contributed by atoms with Gasteiger partial charge in [0.15, 0.2) is 0 Å². The first kappa shape index (κ1) is 18.2. The number of thiophene rings is 1. The molecule has 1 unspecified atom stereocenters. The number of amides is 2. The summed E-state index contributed by atoms with van der Waals surface area (Å²) in [5.74, 6) is 0.124. The van der Waals surface area contributed by atoms with Crippen LogP contribution >= 0.6 is 11.3 Å². The zero-order valence-corrected chi connectivity index (χ0v) is 16.3. The highest BCUT2D eigenvalue weighted by molar-refractivity contribution is 7.14. The van der Waals surface area contributed by atoms with Crippen molar-refractivity contribution < 1.29 is 14.3 Å². The average Bonchev–Trinajstić information content (AvgIpc) is 3.13. The van der Waals surface area contributed by atoms with Gasteiger partial charge >= 0.3 is 0 Å². The maximum Gasteiger partial charge on any atom is 0.264 e. The van der Waals surface area contributed by atoms with Crippen LogP contribution in [0.4, 0.5) is 5.69 Å². The Hall–Kier alpha value is -2.18. The summed E-state index contributed by atoms with van der Waals surface area (Å²) in [6.45, 7) is 4.53. The Labute approximate surface area is 163 Å². The van der Waals surface area contributed by atoms with E-state index in [0.717, 1.165) is 34.5 Å². The monoisotopic (exact) mass is 384 g/mol. The zero-order chi connectivity index (χ0) is 18.8. The van der Waals surface area contributed by atoms with E-state index in [1.807, 2.05) is 42.2 Å². The molecule has 1 fully saturated rings. The van der Waals surface area contributed by atoms with Crippen LogP contribution in [0, 0.1) is 12.8 Å². The Morgan fingerprint density at radius 2 is 2.00 bits per heavy atom. The van der Waals surface area contributed by atoms with Gasteiger partial charge < -0.3 is 15.0 Å². The number of hydrogen-bond donors (Lipinski definition) is 1. The van der Waals surface area contributed by atoms with Crippen LogP contribution in [0.5, 0.6) is 0 Å². The predicted octanol–water partition coefficient (Wildman–Crippen LogP) is 3.27. The lowest BCUT2D eigenvalue weighted by Crippen LogP contribution is -2.40. The molecule has 0 spiro atoms. The molecule has 4 rings (SSSR count). The van der Waals surface area contributed by atoms with Crippen LogP contribution in [0.1, 0.15) is 32.1 Å². The fourth-order valence-corrected chi connectivity index (χ4v) is 4.90. The van der Waals surface area contributed by atoms with Gasteiger partial charge in [-0.1, -0.05) is 18.2 Å². The summed E-state index contributed by atoms with van der Waals surface area (Å²) in [5.41, 5.74) is 3.10. The first-order valence-electron chi connectivity index (χ1n) is 9.47. The molecular formula is C21H24N2O3S. The van der Waals surface area contributed by atoms with Gasteiger partial charge in [0.05, 0.1) is 18.1 Å². The number of carbonyl (C=O) groups excluding carboxylic acids is 2. The van der Waals surface area contributed by atoms with E-state index in [1.165, 1.54) is 4.88 Å². The minimum Gasteiger partial charge on any atom is -0.378 e. The van der Waals surface area contributed by atoms with E-state index in [0.29, 0.717) is 32.7 Å². The maximum absolute atomic E-state index is 12.7. The molecule has 1 atom stereocenters. The van der Waals surface area contributed by atoms with E-state index in [4.69, 9.17) is 4.74 Å². The van der Waals surface area contributed by atoms with E-state index in [1.54, 1.807) is 11.3 Å². The van der Waals surface area contributed by atoms with Crippen molar-refractivity contribution in [3.8, 4) is 0 Å². The molecule has 2 aromatic rings. The largest absolute Gasteiger partial charge is 0.378 e. The van der Waals surface area contributed by atoms with Crippen molar-refractivity contribution in [1.82, 2.24) is 4.90 Å². The summed E-state index contributed by atoms with van der Waals surface area (Å²) in [6, 6.07) is 9.84. The van der Waals surface area contributed by atoms with Gasteiger partial charge in [-0.2, -0.15) is 0 Å². The molecule has 6 heteroatoms. The minimum absolute atomic E-state index is 0.0435. The van der Waals surface area contributed by atoms with Crippen LogP contribution in [-0.4, -0.2) is 43.0 Å². The van der Waals surface area contributed by atoms with Gasteiger partial charge in [-0.25, -0.2) is 0 Å². The highest BCUT2D eigenvalue weighted by atomic mass is 32.1. The molecule has 27 heavy (non-hydrogen) atoms. The third-order valence-corrected chi connectivity index (χ3v) is 6.59. The topological polar surface area (TPSA) is 58.6 Å². The third kappa shape index (κ3) is 3.92. The number of ether oxygens (including phenoxy) is 1. The summed E-state index contributed by atoms with van der Waals surface area (Å²) in [6.07, 6.45) is 2.40. The molecule has 1 aromatic heterocycles. The molecule has 1 N–H and O–H groups in total. The Morgan fingerprint density at radius 1 is 1.22 bits per heavy atom. The summed E-state index contributed by atoms with van der Waals surface area (Å²) >= 11 is 1.59. The number of hydrogen-bond acceptors (Lipinski definition) is 4. The van der Waals surface area contributed by atoms with Crippen molar-refractivity contribution in [3.05, 3.63) is 51.2 Å². The highest BCUT2D eigenvalue weighted by Crippen LogP contribution is 2.33. The number of nitrogens with zero attached hydrogens (tertiary/aromatic N) is 1. The SMILES string of the molecule is Cc1ccccc1NC(=O)C1CCc2sc(C(=O)N3CCOCC3)cc2C1. The van der Waals surface area contributed by atoms with Gasteiger partial charge in [-0.15, -0.1) is 11.3 Å². The molecular weight excluding hydrogens is 360 g/mol. The van der Waals surface area contributed by atoms with E-state index >= 15 is 0 Å². The van der Waals surface area contributed by atoms with E-state index in [9.17, 15) is 9.59 Å². The second kappa shape index (κ2) is 7.82. The van der Waals surface area contributed by atoms with Crippen molar-refractivity contribution in [2.75, 3.05) is 31.6 Å². The standard InChI is InChI=1S/C21H24N2O3S/c1-14-4-2-3-5-17(14)22-20(24)15-6-7-18-16(12-15)13-19(27-18)21(25)23-8-10-26-11-9-23/h2-5,13,15H,6-12H2,1H3,(H,22,24). The van der Waals surface area contributed by atoms with Gasteiger partial charge in [0, 0.05) is 29.6 Å². The molecule has 2 amide bonds. The second-order valence-electron chi connectivity index (χ2n) is 7.21. The van der Waals surface area contributed by atoms with E-state index < -0.39 is 0 Å². The van der Waals surface area contributed by atoms with Crippen LogP contribution in [0.15, 0.2) is 30.3 Å².